The van der Waals surface area contributed by atoms with Gasteiger partial charge in [0.15, 0.2) is 0 Å². The molecule has 1 atom stereocenters. The van der Waals surface area contributed by atoms with E-state index >= 15 is 0 Å². The zero-order valence-corrected chi connectivity index (χ0v) is 25.3. The zero-order chi connectivity index (χ0) is 30.3. The van der Waals surface area contributed by atoms with E-state index in [1.165, 1.54) is 4.31 Å². The molecule has 226 valence electrons. The van der Waals surface area contributed by atoms with Crippen molar-refractivity contribution in [3.05, 3.63) is 90.1 Å². The summed E-state index contributed by atoms with van der Waals surface area (Å²) in [5, 5.41) is 6.11. The van der Waals surface area contributed by atoms with Gasteiger partial charge in [-0.1, -0.05) is 48.5 Å². The number of aliphatic imine (C=N–C) groups is 1. The van der Waals surface area contributed by atoms with E-state index in [9.17, 15) is 18.0 Å². The summed E-state index contributed by atoms with van der Waals surface area (Å²) in [6.45, 7) is 1.65. The Morgan fingerprint density at radius 1 is 0.955 bits per heavy atom. The van der Waals surface area contributed by atoms with E-state index in [0.29, 0.717) is 43.8 Å². The molecule has 1 spiro atoms. The molecule has 1 aromatic heterocycles. The number of pyridine rings is 1. The molecule has 9 nitrogen and oxygen atoms in total. The highest BCUT2D eigenvalue weighted by Crippen LogP contribution is 2.34. The number of nitrogens with one attached hydrogen (secondary N) is 1. The van der Waals surface area contributed by atoms with E-state index in [0.717, 1.165) is 40.1 Å². The minimum absolute atomic E-state index is 0.0222. The standard InChI is InChI=1S/C34H35N5O4S/c40-32(27-12-13-30-26(22-27)9-4-17-35-30)38-18-5-10-28(23-38)31-36-33(41)34(37-31)15-19-39(20-16-34)44(42,43)21-14-25-8-3-7-24-6-1-2-11-29(24)25/h1-4,6-9,11-13,17,22,28H,5,10,14-16,18-21,23H2,(H,36,37,41). The van der Waals surface area contributed by atoms with Gasteiger partial charge in [0.2, 0.25) is 10.0 Å². The molecule has 1 unspecified atom stereocenters. The van der Waals surface area contributed by atoms with Crippen molar-refractivity contribution in [3.63, 3.8) is 0 Å². The average Bonchev–Trinajstić information content (AvgIpc) is 3.38. The van der Waals surface area contributed by atoms with Crippen molar-refractivity contribution in [1.29, 1.82) is 0 Å². The van der Waals surface area contributed by atoms with Gasteiger partial charge in [0, 0.05) is 49.2 Å². The van der Waals surface area contributed by atoms with E-state index in [4.69, 9.17) is 4.99 Å². The van der Waals surface area contributed by atoms with Gasteiger partial charge in [-0.2, -0.15) is 0 Å². The van der Waals surface area contributed by atoms with Gasteiger partial charge in [-0.3, -0.25) is 19.6 Å². The van der Waals surface area contributed by atoms with Crippen LogP contribution >= 0.6 is 0 Å². The quantitative estimate of drug-likeness (QED) is 0.353. The zero-order valence-electron chi connectivity index (χ0n) is 24.5. The number of piperidine rings is 2. The van der Waals surface area contributed by atoms with Gasteiger partial charge >= 0.3 is 0 Å². The number of nitrogens with zero attached hydrogens (tertiary/aromatic N) is 4. The monoisotopic (exact) mass is 609 g/mol. The summed E-state index contributed by atoms with van der Waals surface area (Å²) in [5.41, 5.74) is 1.53. The molecule has 44 heavy (non-hydrogen) atoms. The smallest absolute Gasteiger partial charge is 0.253 e. The fourth-order valence-electron chi connectivity index (χ4n) is 6.86. The SMILES string of the molecule is O=C(c1ccc2ncccc2c1)N1CCCC(C2=NC3(CCN(S(=O)(=O)CCc4cccc5ccccc45)CC3)C(=O)N2)C1. The van der Waals surface area contributed by atoms with Crippen LogP contribution in [-0.4, -0.2) is 77.7 Å². The van der Waals surface area contributed by atoms with Crippen LogP contribution in [-0.2, 0) is 21.2 Å². The van der Waals surface area contributed by atoms with Gasteiger partial charge in [0.25, 0.3) is 11.8 Å². The number of fused-ring (bicyclic) bond motifs is 2. The number of hydrogen-bond acceptors (Lipinski definition) is 6. The summed E-state index contributed by atoms with van der Waals surface area (Å²) in [6, 6.07) is 23.4. The highest BCUT2D eigenvalue weighted by atomic mass is 32.2. The van der Waals surface area contributed by atoms with Crippen molar-refractivity contribution in [2.75, 3.05) is 31.9 Å². The van der Waals surface area contributed by atoms with Gasteiger partial charge in [-0.05, 0) is 72.7 Å². The van der Waals surface area contributed by atoms with Crippen molar-refractivity contribution < 1.29 is 18.0 Å². The maximum Gasteiger partial charge on any atom is 0.253 e. The molecule has 1 N–H and O–H groups in total. The van der Waals surface area contributed by atoms with Crippen LogP contribution < -0.4 is 5.32 Å². The first kappa shape index (κ1) is 28.6. The molecule has 0 saturated carbocycles. The molecule has 10 heteroatoms. The molecular weight excluding hydrogens is 574 g/mol. The average molecular weight is 610 g/mol. The lowest BCUT2D eigenvalue weighted by Crippen LogP contribution is -2.51. The first-order valence-electron chi connectivity index (χ1n) is 15.3. The summed E-state index contributed by atoms with van der Waals surface area (Å²) in [7, 11) is -3.50. The predicted molar refractivity (Wildman–Crippen MR) is 171 cm³/mol. The number of amidine groups is 1. The lowest BCUT2D eigenvalue weighted by molar-refractivity contribution is -0.125. The van der Waals surface area contributed by atoms with Crippen molar-refractivity contribution in [1.82, 2.24) is 19.5 Å². The van der Waals surface area contributed by atoms with Gasteiger partial charge in [0.1, 0.15) is 11.4 Å². The lowest BCUT2D eigenvalue weighted by atomic mass is 9.89. The number of benzene rings is 3. The molecule has 0 bridgehead atoms. The van der Waals surface area contributed by atoms with E-state index in [-0.39, 0.29) is 36.6 Å². The second kappa shape index (κ2) is 11.4. The molecule has 2 fully saturated rings. The summed E-state index contributed by atoms with van der Waals surface area (Å²) in [4.78, 5) is 37.8. The number of aryl methyl sites for hydroxylation is 1. The second-order valence-electron chi connectivity index (χ2n) is 12.1. The molecule has 2 amide bonds. The van der Waals surface area contributed by atoms with Crippen LogP contribution in [0.4, 0.5) is 0 Å². The Labute approximate surface area is 257 Å². The van der Waals surface area contributed by atoms with Crippen molar-refractivity contribution in [3.8, 4) is 0 Å². The van der Waals surface area contributed by atoms with Crippen molar-refractivity contribution in [2.45, 2.75) is 37.6 Å². The fourth-order valence-corrected chi connectivity index (χ4v) is 8.34. The highest BCUT2D eigenvalue weighted by molar-refractivity contribution is 7.89. The normalized spacial score (nSPS) is 20.6. The number of aromatic nitrogens is 1. The molecule has 4 aromatic rings. The molecule has 3 aliphatic rings. The molecule has 3 aliphatic heterocycles. The van der Waals surface area contributed by atoms with Crippen LogP contribution in [0, 0.1) is 5.92 Å². The van der Waals surface area contributed by atoms with Gasteiger partial charge < -0.3 is 10.2 Å². The lowest BCUT2D eigenvalue weighted by Gasteiger charge is -2.35. The Kier molecular flexibility index (Phi) is 7.42. The van der Waals surface area contributed by atoms with Crippen LogP contribution in [0.2, 0.25) is 0 Å². The minimum Gasteiger partial charge on any atom is -0.338 e. The van der Waals surface area contributed by atoms with E-state index in [1.54, 1.807) is 6.20 Å². The van der Waals surface area contributed by atoms with Crippen LogP contribution in [0.15, 0.2) is 84.0 Å². The fraction of sp³-hybridized carbons (Fsp3) is 0.353. The molecule has 0 aliphatic carbocycles. The van der Waals surface area contributed by atoms with Crippen molar-refractivity contribution >= 4 is 49.3 Å². The molecule has 2 saturated heterocycles. The summed E-state index contributed by atoms with van der Waals surface area (Å²) >= 11 is 0. The third-order valence-electron chi connectivity index (χ3n) is 9.40. The summed E-state index contributed by atoms with van der Waals surface area (Å²) in [6.07, 6.45) is 4.50. The number of carbonyl (C=O) groups excluding carboxylic acids is 2. The molecule has 0 radical (unpaired) electrons. The Bertz CT molecular complexity index is 1890. The number of hydrogen-bond donors (Lipinski definition) is 1. The van der Waals surface area contributed by atoms with Crippen LogP contribution in [0.3, 0.4) is 0 Å². The molecular formula is C34H35N5O4S. The van der Waals surface area contributed by atoms with Crippen molar-refractivity contribution in [2.24, 2.45) is 10.9 Å². The first-order valence-corrected chi connectivity index (χ1v) is 16.9. The Morgan fingerprint density at radius 3 is 2.61 bits per heavy atom. The van der Waals surface area contributed by atoms with E-state index in [2.05, 4.69) is 10.3 Å². The van der Waals surface area contributed by atoms with Gasteiger partial charge in [0.05, 0.1) is 11.3 Å². The summed E-state index contributed by atoms with van der Waals surface area (Å²) < 4.78 is 28.2. The Morgan fingerprint density at radius 2 is 1.75 bits per heavy atom. The number of likely N-dealkylation sites (tertiary alicyclic amines) is 1. The van der Waals surface area contributed by atoms with Gasteiger partial charge in [-0.15, -0.1) is 0 Å². The summed E-state index contributed by atoms with van der Waals surface area (Å²) in [5.74, 6) is 0.380. The molecule has 4 heterocycles. The number of amides is 2. The number of rotatable bonds is 6. The van der Waals surface area contributed by atoms with Crippen LogP contribution in [0.5, 0.6) is 0 Å². The molecule has 3 aromatic carbocycles. The van der Waals surface area contributed by atoms with E-state index < -0.39 is 15.6 Å². The maximum absolute atomic E-state index is 13.4. The maximum atomic E-state index is 13.4. The minimum atomic E-state index is -3.50. The van der Waals surface area contributed by atoms with Crippen LogP contribution in [0.25, 0.3) is 21.7 Å². The third kappa shape index (κ3) is 5.37. The topological polar surface area (TPSA) is 112 Å². The predicted octanol–water partition coefficient (Wildman–Crippen LogP) is 4.18. The Balaban J connectivity index is 0.998. The largest absolute Gasteiger partial charge is 0.338 e. The third-order valence-corrected chi connectivity index (χ3v) is 11.3. The second-order valence-corrected chi connectivity index (χ2v) is 14.2. The highest BCUT2D eigenvalue weighted by Gasteiger charge is 2.48. The number of sulfonamides is 1. The van der Waals surface area contributed by atoms with Crippen LogP contribution in [0.1, 0.15) is 41.6 Å². The molecule has 7 rings (SSSR count). The van der Waals surface area contributed by atoms with Gasteiger partial charge in [-0.25, -0.2) is 12.7 Å². The Hall–Kier alpha value is -4.15. The van der Waals surface area contributed by atoms with E-state index in [1.807, 2.05) is 77.7 Å². The first-order chi connectivity index (χ1) is 21.3. The number of carbonyl (C=O) groups is 2.